The number of hydrogen-bond donors (Lipinski definition) is 2. The van der Waals surface area contributed by atoms with Gasteiger partial charge < -0.3 is 15.2 Å². The quantitative estimate of drug-likeness (QED) is 0.765. The minimum absolute atomic E-state index is 0.817. The van der Waals surface area contributed by atoms with Gasteiger partial charge in [0.15, 0.2) is 0 Å². The molecule has 0 radical (unpaired) electrons. The summed E-state index contributed by atoms with van der Waals surface area (Å²) >= 11 is 0. The number of H-pyrrole nitrogens is 1. The number of nitrogens with zero attached hydrogens (tertiary/aromatic N) is 3. The predicted molar refractivity (Wildman–Crippen MR) is 82.7 cm³/mol. The first kappa shape index (κ1) is 12.5. The summed E-state index contributed by atoms with van der Waals surface area (Å²) in [5, 5.41) is 4.34. The number of hydrogen-bond acceptors (Lipinski definition) is 4. The Morgan fingerprint density at radius 2 is 1.85 bits per heavy atom. The van der Waals surface area contributed by atoms with Crippen LogP contribution >= 0.6 is 0 Å². The van der Waals surface area contributed by atoms with Crippen LogP contribution in [0.3, 0.4) is 0 Å². The molecule has 5 heteroatoms. The number of anilines is 3. The second kappa shape index (κ2) is 4.85. The van der Waals surface area contributed by atoms with Crippen molar-refractivity contribution >= 4 is 28.2 Å². The first-order chi connectivity index (χ1) is 9.63. The molecule has 0 saturated heterocycles. The van der Waals surface area contributed by atoms with E-state index in [4.69, 9.17) is 0 Å². The molecule has 102 valence electrons. The third kappa shape index (κ3) is 2.30. The standard InChI is InChI=1S/C15H17N5/c1-10-8-13-14(18-10)16-9-17-15(13)19-11-4-6-12(7-5-11)20(2)3/h4-9H,1-3H3,(H2,16,17,18,19). The van der Waals surface area contributed by atoms with Crippen LogP contribution in [0.1, 0.15) is 5.69 Å². The van der Waals surface area contributed by atoms with E-state index in [0.29, 0.717) is 0 Å². The van der Waals surface area contributed by atoms with Gasteiger partial charge in [0, 0.05) is 31.2 Å². The Bertz CT molecular complexity index is 728. The van der Waals surface area contributed by atoms with Crippen LogP contribution in [-0.2, 0) is 0 Å². The smallest absolute Gasteiger partial charge is 0.143 e. The summed E-state index contributed by atoms with van der Waals surface area (Å²) in [5.74, 6) is 0.817. The van der Waals surface area contributed by atoms with Gasteiger partial charge in [-0.05, 0) is 37.3 Å². The number of nitrogens with one attached hydrogen (secondary N) is 2. The van der Waals surface area contributed by atoms with Gasteiger partial charge >= 0.3 is 0 Å². The van der Waals surface area contributed by atoms with Crippen molar-refractivity contribution in [2.45, 2.75) is 6.92 Å². The molecule has 2 N–H and O–H groups in total. The second-order valence-corrected chi connectivity index (χ2v) is 5.00. The number of aromatic nitrogens is 3. The van der Waals surface area contributed by atoms with E-state index in [-0.39, 0.29) is 0 Å². The molecule has 0 amide bonds. The van der Waals surface area contributed by atoms with E-state index < -0.39 is 0 Å². The van der Waals surface area contributed by atoms with E-state index >= 15 is 0 Å². The monoisotopic (exact) mass is 267 g/mol. The molecule has 0 saturated carbocycles. The molecule has 0 aliphatic heterocycles. The van der Waals surface area contributed by atoms with E-state index in [9.17, 15) is 0 Å². The molecule has 20 heavy (non-hydrogen) atoms. The molecule has 3 rings (SSSR count). The average molecular weight is 267 g/mol. The Morgan fingerprint density at radius 3 is 2.55 bits per heavy atom. The SMILES string of the molecule is Cc1cc2c(Nc3ccc(N(C)C)cc3)ncnc2[nH]1. The molecule has 2 aromatic heterocycles. The largest absolute Gasteiger partial charge is 0.378 e. The Kier molecular flexibility index (Phi) is 3.02. The topological polar surface area (TPSA) is 56.8 Å². The number of aryl methyl sites for hydroxylation is 1. The van der Waals surface area contributed by atoms with Gasteiger partial charge in [0.1, 0.15) is 17.8 Å². The Morgan fingerprint density at radius 1 is 1.10 bits per heavy atom. The summed E-state index contributed by atoms with van der Waals surface area (Å²) in [5.41, 5.74) is 4.10. The van der Waals surface area contributed by atoms with Gasteiger partial charge in [0.05, 0.1) is 5.39 Å². The van der Waals surface area contributed by atoms with Crippen molar-refractivity contribution in [2.75, 3.05) is 24.3 Å². The first-order valence-corrected chi connectivity index (χ1v) is 6.48. The number of fused-ring (bicyclic) bond motifs is 1. The highest BCUT2D eigenvalue weighted by Crippen LogP contribution is 2.24. The van der Waals surface area contributed by atoms with Crippen LogP contribution < -0.4 is 10.2 Å². The highest BCUT2D eigenvalue weighted by atomic mass is 15.1. The van der Waals surface area contributed by atoms with Crippen molar-refractivity contribution in [3.8, 4) is 0 Å². The van der Waals surface area contributed by atoms with Crippen molar-refractivity contribution < 1.29 is 0 Å². The van der Waals surface area contributed by atoms with E-state index in [1.807, 2.05) is 39.2 Å². The van der Waals surface area contributed by atoms with Crippen LogP contribution in [0.4, 0.5) is 17.2 Å². The fourth-order valence-corrected chi connectivity index (χ4v) is 2.15. The van der Waals surface area contributed by atoms with Crippen LogP contribution in [0, 0.1) is 6.92 Å². The van der Waals surface area contributed by atoms with Gasteiger partial charge in [0.25, 0.3) is 0 Å². The van der Waals surface area contributed by atoms with Gasteiger partial charge in [-0.2, -0.15) is 0 Å². The van der Waals surface area contributed by atoms with Crippen molar-refractivity contribution in [2.24, 2.45) is 0 Å². The van der Waals surface area contributed by atoms with Gasteiger partial charge in [-0.1, -0.05) is 0 Å². The van der Waals surface area contributed by atoms with Crippen LogP contribution in [0.5, 0.6) is 0 Å². The lowest BCUT2D eigenvalue weighted by atomic mass is 10.2. The molecule has 0 fully saturated rings. The molecule has 0 spiro atoms. The van der Waals surface area contributed by atoms with Crippen molar-refractivity contribution in [1.82, 2.24) is 15.0 Å². The second-order valence-electron chi connectivity index (χ2n) is 5.00. The Labute approximate surface area is 117 Å². The summed E-state index contributed by atoms with van der Waals surface area (Å²) in [7, 11) is 4.05. The molecule has 0 bridgehead atoms. The van der Waals surface area contributed by atoms with E-state index in [1.165, 1.54) is 5.69 Å². The normalized spacial score (nSPS) is 10.8. The molecule has 0 unspecified atom stereocenters. The highest BCUT2D eigenvalue weighted by Gasteiger charge is 2.06. The molecule has 1 aromatic carbocycles. The molecular formula is C15H17N5. The number of benzene rings is 1. The van der Waals surface area contributed by atoms with Crippen molar-refractivity contribution in [3.63, 3.8) is 0 Å². The summed E-state index contributed by atoms with van der Waals surface area (Å²) in [6.07, 6.45) is 1.56. The maximum absolute atomic E-state index is 4.32. The van der Waals surface area contributed by atoms with E-state index in [2.05, 4.69) is 37.3 Å². The minimum atomic E-state index is 0.817. The number of aromatic amines is 1. The zero-order valence-electron chi connectivity index (χ0n) is 11.8. The maximum Gasteiger partial charge on any atom is 0.143 e. The van der Waals surface area contributed by atoms with Crippen LogP contribution in [0.15, 0.2) is 36.7 Å². The lowest BCUT2D eigenvalue weighted by molar-refractivity contribution is 1.13. The summed E-state index contributed by atoms with van der Waals surface area (Å²) in [4.78, 5) is 13.8. The highest BCUT2D eigenvalue weighted by molar-refractivity contribution is 5.89. The zero-order valence-corrected chi connectivity index (χ0v) is 11.8. The van der Waals surface area contributed by atoms with Gasteiger partial charge in [-0.15, -0.1) is 0 Å². The van der Waals surface area contributed by atoms with E-state index in [0.717, 1.165) is 28.2 Å². The summed E-state index contributed by atoms with van der Waals surface area (Å²) in [6, 6.07) is 10.3. The Hall–Kier alpha value is -2.56. The van der Waals surface area contributed by atoms with Gasteiger partial charge in [-0.3, -0.25) is 0 Å². The van der Waals surface area contributed by atoms with Gasteiger partial charge in [0.2, 0.25) is 0 Å². The Balaban J connectivity index is 1.92. The molecule has 3 aromatic rings. The predicted octanol–water partition coefficient (Wildman–Crippen LogP) is 3.08. The van der Waals surface area contributed by atoms with Crippen LogP contribution in [0.2, 0.25) is 0 Å². The maximum atomic E-state index is 4.32. The fourth-order valence-electron chi connectivity index (χ4n) is 2.15. The zero-order chi connectivity index (χ0) is 14.1. The molecule has 2 heterocycles. The molecular weight excluding hydrogens is 250 g/mol. The van der Waals surface area contributed by atoms with E-state index in [1.54, 1.807) is 6.33 Å². The fraction of sp³-hybridized carbons (Fsp3) is 0.200. The molecule has 5 nitrogen and oxygen atoms in total. The molecule has 0 atom stereocenters. The lowest BCUT2D eigenvalue weighted by Gasteiger charge is -2.13. The van der Waals surface area contributed by atoms with Crippen LogP contribution in [-0.4, -0.2) is 29.0 Å². The summed E-state index contributed by atoms with van der Waals surface area (Å²) in [6.45, 7) is 2.01. The average Bonchev–Trinajstić information content (AvgIpc) is 2.81. The van der Waals surface area contributed by atoms with Crippen LogP contribution in [0.25, 0.3) is 11.0 Å². The lowest BCUT2D eigenvalue weighted by Crippen LogP contribution is -2.08. The first-order valence-electron chi connectivity index (χ1n) is 6.48. The van der Waals surface area contributed by atoms with Gasteiger partial charge in [-0.25, -0.2) is 9.97 Å². The third-order valence-electron chi connectivity index (χ3n) is 3.21. The molecule has 0 aliphatic rings. The summed E-state index contributed by atoms with van der Waals surface area (Å²) < 4.78 is 0. The minimum Gasteiger partial charge on any atom is -0.378 e. The van der Waals surface area contributed by atoms with Crippen molar-refractivity contribution in [3.05, 3.63) is 42.4 Å². The van der Waals surface area contributed by atoms with Crippen molar-refractivity contribution in [1.29, 1.82) is 0 Å². The third-order valence-corrected chi connectivity index (χ3v) is 3.21. The number of rotatable bonds is 3. The molecule has 0 aliphatic carbocycles.